The lowest BCUT2D eigenvalue weighted by Gasteiger charge is -2.28. The van der Waals surface area contributed by atoms with Crippen LogP contribution < -0.4 is 4.90 Å². The van der Waals surface area contributed by atoms with Gasteiger partial charge in [0.15, 0.2) is 5.13 Å². The van der Waals surface area contributed by atoms with Gasteiger partial charge in [-0.1, -0.05) is 89.7 Å². The van der Waals surface area contributed by atoms with E-state index in [1.807, 2.05) is 59.5 Å². The molecule has 5 rings (SSSR count). The van der Waals surface area contributed by atoms with Crippen molar-refractivity contribution in [3.63, 3.8) is 0 Å². The number of carbonyl (C=O) groups excluding carboxylic acids is 1. The summed E-state index contributed by atoms with van der Waals surface area (Å²) in [6.45, 7) is 4.97. The number of halogens is 1. The van der Waals surface area contributed by atoms with Gasteiger partial charge in [-0.3, -0.25) is 14.6 Å². The van der Waals surface area contributed by atoms with Gasteiger partial charge in [-0.25, -0.2) is 4.98 Å². The van der Waals surface area contributed by atoms with E-state index >= 15 is 0 Å². The number of rotatable bonds is 9. The third-order valence-corrected chi connectivity index (χ3v) is 7.98. The van der Waals surface area contributed by atoms with Crippen molar-refractivity contribution in [2.45, 2.75) is 18.8 Å². The zero-order chi connectivity index (χ0) is 24.7. The largest absolute Gasteiger partial charge is 0.379 e. The molecule has 1 aliphatic heterocycles. The molecule has 0 atom stereocenters. The molecule has 4 aromatic rings. The highest BCUT2D eigenvalue weighted by molar-refractivity contribution is 7.22. The van der Waals surface area contributed by atoms with Gasteiger partial charge < -0.3 is 4.74 Å². The summed E-state index contributed by atoms with van der Waals surface area (Å²) >= 11 is 7.96. The van der Waals surface area contributed by atoms with Crippen molar-refractivity contribution in [1.29, 1.82) is 0 Å². The number of morpholine rings is 1. The molecule has 0 aliphatic carbocycles. The molecule has 36 heavy (non-hydrogen) atoms. The van der Waals surface area contributed by atoms with Crippen molar-refractivity contribution in [3.8, 4) is 0 Å². The van der Waals surface area contributed by atoms with Gasteiger partial charge in [0.25, 0.3) is 0 Å². The average molecular weight is 520 g/mol. The number of fused-ring (bicyclic) bond motifs is 1. The zero-order valence-corrected chi connectivity index (χ0v) is 21.8. The molecule has 7 heteroatoms. The van der Waals surface area contributed by atoms with Crippen molar-refractivity contribution < 1.29 is 9.53 Å². The van der Waals surface area contributed by atoms with Crippen molar-refractivity contribution in [2.75, 3.05) is 44.3 Å². The maximum atomic E-state index is 14.0. The summed E-state index contributed by atoms with van der Waals surface area (Å²) in [6, 6.07) is 26.3. The van der Waals surface area contributed by atoms with Gasteiger partial charge in [0.2, 0.25) is 5.91 Å². The van der Waals surface area contributed by atoms with Gasteiger partial charge in [-0.2, -0.15) is 0 Å². The molecule has 186 valence electrons. The summed E-state index contributed by atoms with van der Waals surface area (Å²) in [5.74, 6) is 0.0458. The average Bonchev–Trinajstić information content (AvgIpc) is 3.36. The Morgan fingerprint density at radius 2 is 1.64 bits per heavy atom. The lowest BCUT2D eigenvalue weighted by molar-refractivity contribution is -0.118. The molecule has 1 saturated heterocycles. The van der Waals surface area contributed by atoms with Crippen LogP contribution in [0.25, 0.3) is 10.2 Å². The molecule has 0 radical (unpaired) electrons. The van der Waals surface area contributed by atoms with Crippen molar-refractivity contribution >= 4 is 44.2 Å². The standard InChI is InChI=1S/C29H30ClN3O2S/c30-25-13-7-14-26-28(25)31-29(36-26)33(16-8-15-32-17-19-35-20-18-32)27(34)21-24(22-9-3-1-4-10-22)23-11-5-2-6-12-23/h1-7,9-14,24H,8,15-21H2. The molecule has 0 saturated carbocycles. The number of amides is 1. The number of hydrogen-bond acceptors (Lipinski definition) is 5. The minimum Gasteiger partial charge on any atom is -0.379 e. The van der Waals surface area contributed by atoms with E-state index in [-0.39, 0.29) is 11.8 Å². The summed E-state index contributed by atoms with van der Waals surface area (Å²) in [6.07, 6.45) is 1.24. The van der Waals surface area contributed by atoms with E-state index in [1.54, 1.807) is 0 Å². The van der Waals surface area contributed by atoms with Crippen LogP contribution in [0.1, 0.15) is 29.9 Å². The van der Waals surface area contributed by atoms with Crippen LogP contribution in [0.2, 0.25) is 5.02 Å². The first kappa shape index (κ1) is 24.9. The van der Waals surface area contributed by atoms with Crippen LogP contribution in [0.3, 0.4) is 0 Å². The molecule has 1 amide bonds. The number of thiazole rings is 1. The number of aromatic nitrogens is 1. The highest BCUT2D eigenvalue weighted by atomic mass is 35.5. The Labute approximate surface area is 221 Å². The summed E-state index contributed by atoms with van der Waals surface area (Å²) in [4.78, 5) is 23.1. The highest BCUT2D eigenvalue weighted by Gasteiger charge is 2.25. The molecule has 0 unspecified atom stereocenters. The Morgan fingerprint density at radius 1 is 0.972 bits per heavy atom. The van der Waals surface area contributed by atoms with E-state index in [4.69, 9.17) is 21.3 Å². The monoisotopic (exact) mass is 519 g/mol. The van der Waals surface area contributed by atoms with Gasteiger partial charge in [0.05, 0.1) is 22.9 Å². The number of benzene rings is 3. The molecule has 1 aliphatic rings. The Hall–Kier alpha value is -2.77. The maximum absolute atomic E-state index is 14.0. The van der Waals surface area contributed by atoms with Gasteiger partial charge in [-0.15, -0.1) is 0 Å². The summed E-state index contributed by atoms with van der Waals surface area (Å²) in [7, 11) is 0. The second kappa shape index (κ2) is 12.0. The molecular weight excluding hydrogens is 490 g/mol. The van der Waals surface area contributed by atoms with E-state index in [1.165, 1.54) is 11.3 Å². The lowest BCUT2D eigenvalue weighted by Crippen LogP contribution is -2.39. The van der Waals surface area contributed by atoms with Crippen LogP contribution in [0.4, 0.5) is 5.13 Å². The molecule has 0 spiro atoms. The fraction of sp³-hybridized carbons (Fsp3) is 0.310. The van der Waals surface area contributed by atoms with Crippen molar-refractivity contribution in [3.05, 3.63) is 95.0 Å². The molecule has 1 fully saturated rings. The number of anilines is 1. The van der Waals surface area contributed by atoms with E-state index in [2.05, 4.69) is 29.2 Å². The number of carbonyl (C=O) groups is 1. The number of ether oxygens (including phenoxy) is 1. The number of para-hydroxylation sites is 1. The van der Waals surface area contributed by atoms with E-state index in [0.717, 1.165) is 60.6 Å². The third kappa shape index (κ3) is 5.95. The minimum absolute atomic E-state index is 0.0281. The minimum atomic E-state index is -0.0281. The van der Waals surface area contributed by atoms with Crippen LogP contribution in [0.5, 0.6) is 0 Å². The second-order valence-electron chi connectivity index (χ2n) is 9.01. The van der Waals surface area contributed by atoms with Gasteiger partial charge in [0.1, 0.15) is 5.52 Å². The predicted octanol–water partition coefficient (Wildman–Crippen LogP) is 6.23. The summed E-state index contributed by atoms with van der Waals surface area (Å²) < 4.78 is 6.47. The first-order valence-electron chi connectivity index (χ1n) is 12.4. The molecule has 5 nitrogen and oxygen atoms in total. The number of nitrogens with zero attached hydrogens (tertiary/aromatic N) is 3. The van der Waals surface area contributed by atoms with E-state index in [9.17, 15) is 4.79 Å². The van der Waals surface area contributed by atoms with Crippen LogP contribution >= 0.6 is 22.9 Å². The van der Waals surface area contributed by atoms with Gasteiger partial charge in [-0.05, 0) is 29.7 Å². The zero-order valence-electron chi connectivity index (χ0n) is 20.2. The normalized spacial score (nSPS) is 14.4. The lowest BCUT2D eigenvalue weighted by atomic mass is 9.88. The third-order valence-electron chi connectivity index (χ3n) is 6.63. The van der Waals surface area contributed by atoms with Crippen molar-refractivity contribution in [2.24, 2.45) is 0 Å². The summed E-state index contributed by atoms with van der Waals surface area (Å²) in [5.41, 5.74) is 3.03. The summed E-state index contributed by atoms with van der Waals surface area (Å²) in [5, 5.41) is 1.33. The Morgan fingerprint density at radius 3 is 2.28 bits per heavy atom. The molecule has 3 aromatic carbocycles. The van der Waals surface area contributed by atoms with Crippen molar-refractivity contribution in [1.82, 2.24) is 9.88 Å². The molecule has 0 N–H and O–H groups in total. The molecule has 0 bridgehead atoms. The quantitative estimate of drug-likeness (QED) is 0.263. The molecule has 1 aromatic heterocycles. The highest BCUT2D eigenvalue weighted by Crippen LogP contribution is 2.35. The smallest absolute Gasteiger partial charge is 0.229 e. The molecular formula is C29H30ClN3O2S. The second-order valence-corrected chi connectivity index (χ2v) is 10.4. The van der Waals surface area contributed by atoms with Crippen LogP contribution in [0.15, 0.2) is 78.9 Å². The van der Waals surface area contributed by atoms with Crippen LogP contribution in [0, 0.1) is 0 Å². The predicted molar refractivity (Wildman–Crippen MR) is 148 cm³/mol. The first-order valence-corrected chi connectivity index (χ1v) is 13.6. The number of hydrogen-bond donors (Lipinski definition) is 0. The first-order chi connectivity index (χ1) is 17.7. The Bertz CT molecular complexity index is 1240. The van der Waals surface area contributed by atoms with Gasteiger partial charge in [0, 0.05) is 38.5 Å². The topological polar surface area (TPSA) is 45.7 Å². The van der Waals surface area contributed by atoms with Crippen LogP contribution in [-0.4, -0.2) is 55.2 Å². The maximum Gasteiger partial charge on any atom is 0.229 e. The fourth-order valence-electron chi connectivity index (χ4n) is 4.71. The van der Waals surface area contributed by atoms with Gasteiger partial charge >= 0.3 is 0 Å². The SMILES string of the molecule is O=C(CC(c1ccccc1)c1ccccc1)N(CCCN1CCOCC1)c1nc2c(Cl)cccc2s1. The molecule has 2 heterocycles. The van der Waals surface area contributed by atoms with E-state index < -0.39 is 0 Å². The van der Waals surface area contributed by atoms with Crippen LogP contribution in [-0.2, 0) is 9.53 Å². The fourth-order valence-corrected chi connectivity index (χ4v) is 6.02. The Kier molecular flexibility index (Phi) is 8.29. The Balaban J connectivity index is 1.41. The van der Waals surface area contributed by atoms with E-state index in [0.29, 0.717) is 23.1 Å².